The summed E-state index contributed by atoms with van der Waals surface area (Å²) in [6.45, 7) is 3.04. The number of carboxylic acid groups (broad SMARTS) is 1. The van der Waals surface area contributed by atoms with E-state index in [1.807, 2.05) is 17.0 Å². The number of aliphatic carboxylic acids is 1. The van der Waals surface area contributed by atoms with Crippen LogP contribution < -0.4 is 0 Å². The summed E-state index contributed by atoms with van der Waals surface area (Å²) in [7, 11) is 0. The molecular formula is C29H37N3O3. The molecule has 35 heavy (non-hydrogen) atoms. The second-order valence-corrected chi connectivity index (χ2v) is 12.0. The number of carbonyl (C=O) groups excluding carboxylic acids is 1. The number of likely N-dealkylation sites (tertiary alicyclic amines) is 1. The summed E-state index contributed by atoms with van der Waals surface area (Å²) < 4.78 is 0. The zero-order chi connectivity index (χ0) is 24.2. The Morgan fingerprint density at radius 2 is 1.69 bits per heavy atom. The predicted octanol–water partition coefficient (Wildman–Crippen LogP) is 5.47. The Balaban J connectivity index is 1.26. The fraction of sp³-hybridized carbons (Fsp3) is 0.621. The Bertz CT molecular complexity index is 1090. The molecule has 6 heteroatoms. The zero-order valence-electron chi connectivity index (χ0n) is 20.8. The Labute approximate surface area is 207 Å². The van der Waals surface area contributed by atoms with E-state index in [0.29, 0.717) is 37.0 Å². The molecule has 2 heterocycles. The first-order chi connectivity index (χ1) is 16.9. The van der Waals surface area contributed by atoms with E-state index in [2.05, 4.69) is 24.0 Å². The number of aryl methyl sites for hydroxylation is 2. The first-order valence-electron chi connectivity index (χ1n) is 13.6. The molecule has 1 aliphatic heterocycles. The molecule has 2 aromatic rings. The third-order valence-corrected chi connectivity index (χ3v) is 9.58. The molecular weight excluding hydrogens is 438 g/mol. The van der Waals surface area contributed by atoms with Crippen LogP contribution in [0.4, 0.5) is 0 Å². The van der Waals surface area contributed by atoms with Crippen LogP contribution in [0.2, 0.25) is 0 Å². The molecule has 6 nitrogen and oxygen atoms in total. The van der Waals surface area contributed by atoms with Crippen LogP contribution >= 0.6 is 0 Å². The lowest BCUT2D eigenvalue weighted by Crippen LogP contribution is -2.46. The fourth-order valence-electron chi connectivity index (χ4n) is 8.20. The number of benzene rings is 1. The summed E-state index contributed by atoms with van der Waals surface area (Å²) in [5.41, 5.74) is 4.12. The second kappa shape index (κ2) is 8.79. The van der Waals surface area contributed by atoms with E-state index in [0.717, 1.165) is 53.2 Å². The third-order valence-electron chi connectivity index (χ3n) is 9.58. The van der Waals surface area contributed by atoms with Gasteiger partial charge in [-0.3, -0.25) is 9.59 Å². The number of rotatable bonds is 6. The van der Waals surface area contributed by atoms with Gasteiger partial charge in [0.05, 0.1) is 5.92 Å². The van der Waals surface area contributed by atoms with E-state index >= 15 is 0 Å². The molecule has 5 fully saturated rings. The van der Waals surface area contributed by atoms with Crippen molar-refractivity contribution in [3.63, 3.8) is 0 Å². The number of piperidine rings is 1. The van der Waals surface area contributed by atoms with Crippen LogP contribution in [0.25, 0.3) is 11.4 Å². The minimum absolute atomic E-state index is 0.0505. The molecule has 2 N–H and O–H groups in total. The number of H-pyrrole nitrogens is 1. The van der Waals surface area contributed by atoms with E-state index in [-0.39, 0.29) is 11.8 Å². The highest BCUT2D eigenvalue weighted by Crippen LogP contribution is 2.61. The van der Waals surface area contributed by atoms with E-state index in [1.54, 1.807) is 0 Å². The highest BCUT2D eigenvalue weighted by molar-refractivity contribution is 5.94. The van der Waals surface area contributed by atoms with Gasteiger partial charge >= 0.3 is 5.97 Å². The summed E-state index contributed by atoms with van der Waals surface area (Å²) in [6.07, 6.45) is 11.4. The van der Waals surface area contributed by atoms with Gasteiger partial charge in [0.25, 0.3) is 5.91 Å². The monoisotopic (exact) mass is 475 g/mol. The molecule has 4 aliphatic carbocycles. The van der Waals surface area contributed by atoms with Crippen LogP contribution in [0.15, 0.2) is 24.3 Å². The van der Waals surface area contributed by atoms with Crippen molar-refractivity contribution in [3.05, 3.63) is 41.2 Å². The van der Waals surface area contributed by atoms with Crippen molar-refractivity contribution in [3.8, 4) is 11.4 Å². The molecule has 186 valence electrons. The van der Waals surface area contributed by atoms with Crippen LogP contribution in [0, 0.1) is 36.0 Å². The maximum Gasteiger partial charge on any atom is 0.306 e. The van der Waals surface area contributed by atoms with Gasteiger partial charge in [0.1, 0.15) is 11.5 Å². The number of hydrogen-bond acceptors (Lipinski definition) is 3. The molecule has 0 spiro atoms. The van der Waals surface area contributed by atoms with Gasteiger partial charge in [0.15, 0.2) is 0 Å². The van der Waals surface area contributed by atoms with E-state index < -0.39 is 5.97 Å². The van der Waals surface area contributed by atoms with Crippen LogP contribution in [-0.2, 0) is 11.2 Å². The lowest BCUT2D eigenvalue weighted by molar-refractivity contribution is -0.143. The molecule has 1 saturated heterocycles. The highest BCUT2D eigenvalue weighted by atomic mass is 16.4. The quantitative estimate of drug-likeness (QED) is 0.580. The van der Waals surface area contributed by atoms with Crippen LogP contribution in [0.3, 0.4) is 0 Å². The standard InChI is InChI=1S/C29H37N3O3/c1-18-4-2-3-5-23(18)26-30-24(6-9-29-15-19-12-20(16-29)14-21(13-19)17-29)25(31-26)27(33)32-10-7-22(8-11-32)28(34)35/h2-5,19-22H,6-17H2,1H3,(H,30,31)(H,34,35). The molecule has 7 rings (SSSR count). The number of amides is 1. The lowest BCUT2D eigenvalue weighted by atomic mass is 9.48. The minimum Gasteiger partial charge on any atom is -0.481 e. The van der Waals surface area contributed by atoms with Crippen molar-refractivity contribution < 1.29 is 14.7 Å². The van der Waals surface area contributed by atoms with Crippen molar-refractivity contribution in [1.29, 1.82) is 0 Å². The Morgan fingerprint density at radius 1 is 1.06 bits per heavy atom. The van der Waals surface area contributed by atoms with Crippen molar-refractivity contribution in [2.75, 3.05) is 13.1 Å². The normalized spacial score (nSPS) is 30.1. The maximum absolute atomic E-state index is 13.6. The number of aromatic nitrogens is 2. The number of carbonyl (C=O) groups is 2. The summed E-state index contributed by atoms with van der Waals surface area (Å²) in [4.78, 5) is 35.3. The van der Waals surface area contributed by atoms with Gasteiger partial charge < -0.3 is 15.0 Å². The minimum atomic E-state index is -0.755. The summed E-state index contributed by atoms with van der Waals surface area (Å²) >= 11 is 0. The van der Waals surface area contributed by atoms with Crippen molar-refractivity contribution in [2.45, 2.75) is 71.1 Å². The largest absolute Gasteiger partial charge is 0.481 e. The Hall–Kier alpha value is -2.63. The van der Waals surface area contributed by atoms with Crippen molar-refractivity contribution >= 4 is 11.9 Å². The number of nitrogens with zero attached hydrogens (tertiary/aromatic N) is 2. The molecule has 0 atom stereocenters. The molecule has 1 aromatic heterocycles. The van der Waals surface area contributed by atoms with Gasteiger partial charge in [0.2, 0.25) is 0 Å². The molecule has 1 amide bonds. The number of imidazole rings is 1. The number of carboxylic acids is 1. The zero-order valence-corrected chi connectivity index (χ0v) is 20.8. The molecule has 0 radical (unpaired) electrons. The third kappa shape index (κ3) is 4.30. The summed E-state index contributed by atoms with van der Waals surface area (Å²) in [5.74, 6) is 2.37. The lowest BCUT2D eigenvalue weighted by Gasteiger charge is -2.57. The van der Waals surface area contributed by atoms with Gasteiger partial charge in [-0.25, -0.2) is 4.98 Å². The van der Waals surface area contributed by atoms with Gasteiger partial charge in [-0.05, 0) is 99.9 Å². The van der Waals surface area contributed by atoms with E-state index in [4.69, 9.17) is 4.98 Å². The van der Waals surface area contributed by atoms with Gasteiger partial charge in [-0.1, -0.05) is 24.3 Å². The van der Waals surface area contributed by atoms with Gasteiger partial charge in [-0.2, -0.15) is 0 Å². The van der Waals surface area contributed by atoms with E-state index in [9.17, 15) is 14.7 Å². The molecule has 4 bridgehead atoms. The van der Waals surface area contributed by atoms with Crippen molar-refractivity contribution in [2.24, 2.45) is 29.1 Å². The smallest absolute Gasteiger partial charge is 0.306 e. The predicted molar refractivity (Wildman–Crippen MR) is 134 cm³/mol. The average Bonchev–Trinajstić information content (AvgIpc) is 3.26. The van der Waals surface area contributed by atoms with Crippen molar-refractivity contribution in [1.82, 2.24) is 14.9 Å². The van der Waals surface area contributed by atoms with Gasteiger partial charge in [-0.15, -0.1) is 0 Å². The first kappa shape index (κ1) is 22.8. The Morgan fingerprint density at radius 3 is 2.29 bits per heavy atom. The molecule has 5 aliphatic rings. The molecule has 1 aromatic carbocycles. The SMILES string of the molecule is Cc1ccccc1-c1nc(C(=O)N2CCC(C(=O)O)CC2)c(CCC23CC4CC(CC(C4)C2)C3)[nH]1. The summed E-state index contributed by atoms with van der Waals surface area (Å²) in [6, 6.07) is 8.17. The second-order valence-electron chi connectivity index (χ2n) is 12.0. The highest BCUT2D eigenvalue weighted by Gasteiger charge is 2.50. The van der Waals surface area contributed by atoms with Gasteiger partial charge in [0, 0.05) is 24.3 Å². The van der Waals surface area contributed by atoms with E-state index in [1.165, 1.54) is 38.5 Å². The number of nitrogens with one attached hydrogen (secondary N) is 1. The molecule has 0 unspecified atom stereocenters. The first-order valence-corrected chi connectivity index (χ1v) is 13.6. The maximum atomic E-state index is 13.6. The topological polar surface area (TPSA) is 86.3 Å². The van der Waals surface area contributed by atoms with Crippen LogP contribution in [-0.4, -0.2) is 44.9 Å². The molecule has 4 saturated carbocycles. The van der Waals surface area contributed by atoms with Crippen LogP contribution in [0.5, 0.6) is 0 Å². The average molecular weight is 476 g/mol. The number of aromatic amines is 1. The number of hydrogen-bond donors (Lipinski definition) is 2. The Kier molecular flexibility index (Phi) is 5.73. The fourth-order valence-corrected chi connectivity index (χ4v) is 8.20. The summed E-state index contributed by atoms with van der Waals surface area (Å²) in [5, 5.41) is 9.35. The van der Waals surface area contributed by atoms with Crippen LogP contribution in [0.1, 0.15) is 79.5 Å².